The summed E-state index contributed by atoms with van der Waals surface area (Å²) >= 11 is 1.34. The minimum atomic E-state index is -0.439. The van der Waals surface area contributed by atoms with Crippen LogP contribution in [0.4, 0.5) is 5.00 Å². The van der Waals surface area contributed by atoms with Crippen LogP contribution in [0.3, 0.4) is 0 Å². The highest BCUT2D eigenvalue weighted by Gasteiger charge is 2.23. The minimum absolute atomic E-state index is 0.189. The van der Waals surface area contributed by atoms with Gasteiger partial charge in [0.1, 0.15) is 10.7 Å². The third kappa shape index (κ3) is 3.48. The second-order valence-electron chi connectivity index (χ2n) is 4.99. The molecule has 2 heterocycles. The fraction of sp³-hybridized carbons (Fsp3) is 0.333. The number of aryl methyl sites for hydroxylation is 1. The normalized spacial score (nSPS) is 10.6. The number of ether oxygens (including phenoxy) is 1. The molecule has 1 N–H and O–H groups in total. The molecule has 0 fully saturated rings. The number of anilines is 1. The highest BCUT2D eigenvalue weighted by Crippen LogP contribution is 2.33. The van der Waals surface area contributed by atoms with Gasteiger partial charge in [-0.3, -0.25) is 9.78 Å². The Morgan fingerprint density at radius 1 is 1.27 bits per heavy atom. The summed E-state index contributed by atoms with van der Waals surface area (Å²) in [6.07, 6.45) is 4.07. The maximum atomic E-state index is 12.2. The number of esters is 1. The van der Waals surface area contributed by atoms with Crippen molar-refractivity contribution >= 4 is 28.2 Å². The fourth-order valence-electron chi connectivity index (χ4n) is 1.82. The van der Waals surface area contributed by atoms with E-state index in [1.807, 2.05) is 13.8 Å². The summed E-state index contributed by atoms with van der Waals surface area (Å²) in [5, 5.41) is 3.19. The molecule has 1 amide bonds. The third-order valence-electron chi connectivity index (χ3n) is 2.96. The van der Waals surface area contributed by atoms with E-state index >= 15 is 0 Å². The van der Waals surface area contributed by atoms with E-state index in [4.69, 9.17) is 4.74 Å². The molecule has 0 aliphatic heterocycles. The molecule has 2 rings (SSSR count). The topological polar surface area (TPSA) is 81.2 Å². The molecule has 0 spiro atoms. The van der Waals surface area contributed by atoms with E-state index in [1.165, 1.54) is 29.9 Å². The number of nitrogens with zero attached hydrogens (tertiary/aromatic N) is 2. The van der Waals surface area contributed by atoms with Gasteiger partial charge < -0.3 is 10.1 Å². The molecule has 0 unspecified atom stereocenters. The molecule has 0 saturated heterocycles. The van der Waals surface area contributed by atoms with E-state index in [-0.39, 0.29) is 11.8 Å². The minimum Gasteiger partial charge on any atom is -0.459 e. The fourth-order valence-corrected chi connectivity index (χ4v) is 2.86. The van der Waals surface area contributed by atoms with Crippen molar-refractivity contribution in [2.75, 3.05) is 5.32 Å². The zero-order chi connectivity index (χ0) is 16.3. The second-order valence-corrected chi connectivity index (χ2v) is 6.21. The highest BCUT2D eigenvalue weighted by molar-refractivity contribution is 7.16. The maximum absolute atomic E-state index is 12.2. The van der Waals surface area contributed by atoms with Crippen LogP contribution in [0.1, 0.15) is 45.1 Å². The zero-order valence-corrected chi connectivity index (χ0v) is 13.7. The number of aromatic nitrogens is 2. The average Bonchev–Trinajstić information content (AvgIpc) is 2.74. The summed E-state index contributed by atoms with van der Waals surface area (Å²) in [5.74, 6) is -0.848. The summed E-state index contributed by atoms with van der Waals surface area (Å²) in [6, 6.07) is 0. The predicted molar refractivity (Wildman–Crippen MR) is 84.3 cm³/mol. The van der Waals surface area contributed by atoms with Crippen LogP contribution in [-0.2, 0) is 4.74 Å². The maximum Gasteiger partial charge on any atom is 0.341 e. The van der Waals surface area contributed by atoms with E-state index in [0.29, 0.717) is 10.6 Å². The standard InChI is InChI=1S/C15H17N3O3S/c1-8(2)21-15(20)12-9(3)10(4)22-14(12)18-13(19)11-7-16-5-6-17-11/h5-8H,1-4H3,(H,18,19). The van der Waals surface area contributed by atoms with Gasteiger partial charge in [-0.1, -0.05) is 0 Å². The number of nitrogens with one attached hydrogen (secondary N) is 1. The van der Waals surface area contributed by atoms with Gasteiger partial charge in [0.2, 0.25) is 0 Å². The van der Waals surface area contributed by atoms with Crippen molar-refractivity contribution in [2.24, 2.45) is 0 Å². The van der Waals surface area contributed by atoms with Crippen LogP contribution in [-0.4, -0.2) is 27.9 Å². The van der Waals surface area contributed by atoms with E-state index in [2.05, 4.69) is 15.3 Å². The van der Waals surface area contributed by atoms with Crippen molar-refractivity contribution in [1.29, 1.82) is 0 Å². The molecule has 2 aromatic rings. The molecule has 0 radical (unpaired) electrons. The van der Waals surface area contributed by atoms with Crippen LogP contribution in [0.25, 0.3) is 0 Å². The number of rotatable bonds is 4. The molecule has 6 nitrogen and oxygen atoms in total. The quantitative estimate of drug-likeness (QED) is 0.876. The van der Waals surface area contributed by atoms with Gasteiger partial charge in [-0.05, 0) is 33.3 Å². The van der Waals surface area contributed by atoms with E-state index < -0.39 is 11.9 Å². The first-order valence-corrected chi connectivity index (χ1v) is 7.60. The molecule has 116 valence electrons. The Kier molecular flexibility index (Phi) is 4.87. The summed E-state index contributed by atoms with van der Waals surface area (Å²) in [5.41, 5.74) is 1.40. The van der Waals surface area contributed by atoms with Crippen molar-refractivity contribution < 1.29 is 14.3 Å². The first-order valence-electron chi connectivity index (χ1n) is 6.78. The van der Waals surface area contributed by atoms with E-state index in [0.717, 1.165) is 10.4 Å². The van der Waals surface area contributed by atoms with Crippen LogP contribution in [0.2, 0.25) is 0 Å². The van der Waals surface area contributed by atoms with Crippen molar-refractivity contribution in [1.82, 2.24) is 9.97 Å². The summed E-state index contributed by atoms with van der Waals surface area (Å²) in [4.78, 5) is 33.2. The lowest BCUT2D eigenvalue weighted by molar-refractivity contribution is 0.0379. The van der Waals surface area contributed by atoms with E-state index in [9.17, 15) is 9.59 Å². The molecule has 0 aliphatic carbocycles. The SMILES string of the molecule is Cc1sc(NC(=O)c2cnccn2)c(C(=O)OC(C)C)c1C. The molecule has 0 aromatic carbocycles. The summed E-state index contributed by atoms with van der Waals surface area (Å²) in [7, 11) is 0. The monoisotopic (exact) mass is 319 g/mol. The first kappa shape index (κ1) is 16.1. The van der Waals surface area contributed by atoms with Gasteiger partial charge in [-0.15, -0.1) is 11.3 Å². The summed E-state index contributed by atoms with van der Waals surface area (Å²) < 4.78 is 5.25. The number of amides is 1. The Labute approximate surface area is 132 Å². The number of hydrogen-bond donors (Lipinski definition) is 1. The molecule has 7 heteroatoms. The molecular weight excluding hydrogens is 302 g/mol. The molecule has 2 aromatic heterocycles. The van der Waals surface area contributed by atoms with Gasteiger partial charge in [-0.25, -0.2) is 9.78 Å². The predicted octanol–water partition coefficient (Wildman–Crippen LogP) is 2.97. The van der Waals surface area contributed by atoms with Crippen LogP contribution in [0.15, 0.2) is 18.6 Å². The molecule has 0 aliphatic rings. The second kappa shape index (κ2) is 6.65. The third-order valence-corrected chi connectivity index (χ3v) is 4.08. The Morgan fingerprint density at radius 3 is 2.59 bits per heavy atom. The highest BCUT2D eigenvalue weighted by atomic mass is 32.1. The number of thiophene rings is 1. The molecule has 0 atom stereocenters. The Hall–Kier alpha value is -2.28. The van der Waals surface area contributed by atoms with Crippen molar-refractivity contribution in [3.8, 4) is 0 Å². The van der Waals surface area contributed by atoms with Crippen molar-refractivity contribution in [2.45, 2.75) is 33.8 Å². The number of carbonyl (C=O) groups excluding carboxylic acids is 2. The Balaban J connectivity index is 2.30. The van der Waals surface area contributed by atoms with E-state index in [1.54, 1.807) is 13.8 Å². The average molecular weight is 319 g/mol. The lowest BCUT2D eigenvalue weighted by atomic mass is 10.1. The molecular formula is C15H17N3O3S. The molecule has 22 heavy (non-hydrogen) atoms. The lowest BCUT2D eigenvalue weighted by Crippen LogP contribution is -2.17. The summed E-state index contributed by atoms with van der Waals surface area (Å²) in [6.45, 7) is 7.29. The van der Waals surface area contributed by atoms with Crippen molar-refractivity contribution in [3.05, 3.63) is 40.3 Å². The molecule has 0 bridgehead atoms. The Morgan fingerprint density at radius 2 is 2.00 bits per heavy atom. The van der Waals surface area contributed by atoms with Crippen molar-refractivity contribution in [3.63, 3.8) is 0 Å². The lowest BCUT2D eigenvalue weighted by Gasteiger charge is -2.10. The number of carbonyl (C=O) groups is 2. The Bertz CT molecular complexity index is 696. The van der Waals surface area contributed by atoms with Crippen LogP contribution < -0.4 is 5.32 Å². The van der Waals surface area contributed by atoms with Gasteiger partial charge in [-0.2, -0.15) is 0 Å². The van der Waals surface area contributed by atoms with Gasteiger partial charge in [0.15, 0.2) is 0 Å². The van der Waals surface area contributed by atoms with Crippen LogP contribution in [0, 0.1) is 13.8 Å². The first-order chi connectivity index (χ1) is 10.4. The zero-order valence-electron chi connectivity index (χ0n) is 12.8. The van der Waals surface area contributed by atoms with Gasteiger partial charge >= 0.3 is 5.97 Å². The smallest absolute Gasteiger partial charge is 0.341 e. The van der Waals surface area contributed by atoms with Gasteiger partial charge in [0.05, 0.1) is 17.9 Å². The van der Waals surface area contributed by atoms with Crippen LogP contribution in [0.5, 0.6) is 0 Å². The largest absolute Gasteiger partial charge is 0.459 e. The van der Waals surface area contributed by atoms with Gasteiger partial charge in [0, 0.05) is 17.3 Å². The number of hydrogen-bond acceptors (Lipinski definition) is 6. The van der Waals surface area contributed by atoms with Gasteiger partial charge in [0.25, 0.3) is 5.91 Å². The molecule has 0 saturated carbocycles. The van der Waals surface area contributed by atoms with Crippen LogP contribution >= 0.6 is 11.3 Å².